The largest absolute Gasteiger partial charge is 0.508 e. The van der Waals surface area contributed by atoms with Crippen molar-refractivity contribution in [1.29, 1.82) is 0 Å². The molecule has 114 valence electrons. The van der Waals surface area contributed by atoms with E-state index in [4.69, 9.17) is 0 Å². The van der Waals surface area contributed by atoms with Crippen LogP contribution in [-0.4, -0.2) is 41.2 Å². The van der Waals surface area contributed by atoms with Crippen LogP contribution in [0.3, 0.4) is 0 Å². The predicted octanol–water partition coefficient (Wildman–Crippen LogP) is 0.504. The van der Waals surface area contributed by atoms with Gasteiger partial charge in [0.15, 0.2) is 0 Å². The second kappa shape index (κ2) is 7.08. The Morgan fingerprint density at radius 2 is 2.05 bits per heavy atom. The van der Waals surface area contributed by atoms with Gasteiger partial charge in [-0.3, -0.25) is 4.79 Å². The maximum absolute atomic E-state index is 11.9. The van der Waals surface area contributed by atoms with Gasteiger partial charge in [0.05, 0.1) is 0 Å². The highest BCUT2D eigenvalue weighted by Gasteiger charge is 2.23. The van der Waals surface area contributed by atoms with Crippen LogP contribution >= 0.6 is 0 Å². The molecule has 2 unspecified atom stereocenters. The average Bonchev–Trinajstić information content (AvgIpc) is 2.93. The van der Waals surface area contributed by atoms with E-state index in [1.807, 2.05) is 0 Å². The third-order valence-corrected chi connectivity index (χ3v) is 3.65. The van der Waals surface area contributed by atoms with Crippen molar-refractivity contribution in [3.05, 3.63) is 29.8 Å². The number of nitrogens with one attached hydrogen (secondary N) is 2. The first-order valence-electron chi connectivity index (χ1n) is 7.05. The minimum atomic E-state index is -1.05. The lowest BCUT2D eigenvalue weighted by atomic mass is 10.0. The Balaban J connectivity index is 1.90. The summed E-state index contributed by atoms with van der Waals surface area (Å²) in [5, 5.41) is 24.2. The Labute approximate surface area is 123 Å². The SMILES string of the molecule is O=C(CC1CCNC1)NC(Cc1ccc(O)cc1)C(=O)O. The van der Waals surface area contributed by atoms with Crippen LogP contribution < -0.4 is 10.6 Å². The first-order chi connectivity index (χ1) is 10.0. The van der Waals surface area contributed by atoms with E-state index in [0.717, 1.165) is 25.1 Å². The monoisotopic (exact) mass is 292 g/mol. The van der Waals surface area contributed by atoms with Crippen molar-refractivity contribution in [2.75, 3.05) is 13.1 Å². The van der Waals surface area contributed by atoms with Crippen molar-refractivity contribution in [2.45, 2.75) is 25.3 Å². The smallest absolute Gasteiger partial charge is 0.326 e. The number of carbonyl (C=O) groups excluding carboxylic acids is 1. The van der Waals surface area contributed by atoms with E-state index in [1.165, 1.54) is 12.1 Å². The fourth-order valence-corrected chi connectivity index (χ4v) is 2.47. The Bertz CT molecular complexity index is 495. The summed E-state index contributed by atoms with van der Waals surface area (Å²) in [4.78, 5) is 23.2. The summed E-state index contributed by atoms with van der Waals surface area (Å²) in [5.41, 5.74) is 0.753. The highest BCUT2D eigenvalue weighted by Crippen LogP contribution is 2.13. The van der Waals surface area contributed by atoms with Crippen LogP contribution in [0, 0.1) is 5.92 Å². The van der Waals surface area contributed by atoms with Gasteiger partial charge in [0.2, 0.25) is 5.91 Å². The number of carbonyl (C=O) groups is 2. The second-order valence-corrected chi connectivity index (χ2v) is 5.39. The lowest BCUT2D eigenvalue weighted by Gasteiger charge is -2.16. The molecule has 1 aromatic rings. The zero-order valence-electron chi connectivity index (χ0n) is 11.7. The van der Waals surface area contributed by atoms with Gasteiger partial charge >= 0.3 is 5.97 Å². The molecule has 1 amide bonds. The molecule has 1 saturated heterocycles. The van der Waals surface area contributed by atoms with Crippen LogP contribution in [-0.2, 0) is 16.0 Å². The molecule has 0 saturated carbocycles. The van der Waals surface area contributed by atoms with Gasteiger partial charge in [-0.1, -0.05) is 12.1 Å². The van der Waals surface area contributed by atoms with Gasteiger partial charge in [0.1, 0.15) is 11.8 Å². The van der Waals surface area contributed by atoms with Gasteiger partial charge in [-0.15, -0.1) is 0 Å². The van der Waals surface area contributed by atoms with Crippen LogP contribution in [0.15, 0.2) is 24.3 Å². The number of hydrogen-bond donors (Lipinski definition) is 4. The van der Waals surface area contributed by atoms with E-state index >= 15 is 0 Å². The molecule has 6 nitrogen and oxygen atoms in total. The van der Waals surface area contributed by atoms with E-state index in [-0.39, 0.29) is 24.0 Å². The number of carboxylic acid groups (broad SMARTS) is 1. The van der Waals surface area contributed by atoms with E-state index in [0.29, 0.717) is 6.42 Å². The minimum absolute atomic E-state index is 0.128. The normalized spacial score (nSPS) is 19.1. The standard InChI is InChI=1S/C15H20N2O4/c18-12-3-1-10(2-4-12)7-13(15(20)21)17-14(19)8-11-5-6-16-9-11/h1-4,11,13,16,18H,5-9H2,(H,17,19)(H,20,21). The Hall–Kier alpha value is -2.08. The van der Waals surface area contributed by atoms with E-state index < -0.39 is 12.0 Å². The van der Waals surface area contributed by atoms with Crippen molar-refractivity contribution in [3.63, 3.8) is 0 Å². The van der Waals surface area contributed by atoms with Crippen molar-refractivity contribution < 1.29 is 19.8 Å². The number of aliphatic carboxylic acids is 1. The van der Waals surface area contributed by atoms with Gasteiger partial charge in [-0.25, -0.2) is 4.79 Å². The second-order valence-electron chi connectivity index (χ2n) is 5.39. The number of aromatic hydroxyl groups is 1. The highest BCUT2D eigenvalue weighted by atomic mass is 16.4. The third kappa shape index (κ3) is 4.75. The predicted molar refractivity (Wildman–Crippen MR) is 77.0 cm³/mol. The molecule has 0 spiro atoms. The molecule has 1 aliphatic heterocycles. The number of phenols is 1. The van der Waals surface area contributed by atoms with Gasteiger partial charge in [0, 0.05) is 12.8 Å². The summed E-state index contributed by atoms with van der Waals surface area (Å²) < 4.78 is 0. The van der Waals surface area contributed by atoms with E-state index in [1.54, 1.807) is 12.1 Å². The first-order valence-corrected chi connectivity index (χ1v) is 7.05. The molecule has 2 atom stereocenters. The first kappa shape index (κ1) is 15.3. The summed E-state index contributed by atoms with van der Waals surface area (Å²) in [6.07, 6.45) is 1.50. The molecule has 0 aliphatic carbocycles. The fourth-order valence-electron chi connectivity index (χ4n) is 2.47. The van der Waals surface area contributed by atoms with Crippen molar-refractivity contribution in [1.82, 2.24) is 10.6 Å². The molecule has 4 N–H and O–H groups in total. The minimum Gasteiger partial charge on any atom is -0.508 e. The lowest BCUT2D eigenvalue weighted by Crippen LogP contribution is -2.43. The molecule has 1 aliphatic rings. The van der Waals surface area contributed by atoms with Crippen LogP contribution in [0.4, 0.5) is 0 Å². The molecule has 0 bridgehead atoms. The molecule has 6 heteroatoms. The van der Waals surface area contributed by atoms with Gasteiger partial charge < -0.3 is 20.8 Å². The summed E-state index contributed by atoms with van der Waals surface area (Å²) in [6, 6.07) is 5.35. The number of rotatable bonds is 6. The van der Waals surface area contributed by atoms with Crippen molar-refractivity contribution in [3.8, 4) is 5.75 Å². The van der Waals surface area contributed by atoms with E-state index in [9.17, 15) is 19.8 Å². The summed E-state index contributed by atoms with van der Waals surface area (Å²) in [5.74, 6) is -0.868. The van der Waals surface area contributed by atoms with Gasteiger partial charge in [0.25, 0.3) is 0 Å². The topological polar surface area (TPSA) is 98.7 Å². The number of amides is 1. The molecule has 1 aromatic carbocycles. The van der Waals surface area contributed by atoms with Gasteiger partial charge in [-0.2, -0.15) is 0 Å². The van der Waals surface area contributed by atoms with Crippen LogP contribution in [0.2, 0.25) is 0 Å². The van der Waals surface area contributed by atoms with Crippen molar-refractivity contribution >= 4 is 11.9 Å². The highest BCUT2D eigenvalue weighted by molar-refractivity contribution is 5.83. The van der Waals surface area contributed by atoms with Gasteiger partial charge in [-0.05, 0) is 43.1 Å². The average molecular weight is 292 g/mol. The molecular weight excluding hydrogens is 272 g/mol. The number of phenolic OH excluding ortho intramolecular Hbond substituents is 1. The molecule has 21 heavy (non-hydrogen) atoms. The molecule has 1 heterocycles. The van der Waals surface area contributed by atoms with E-state index in [2.05, 4.69) is 10.6 Å². The number of carboxylic acids is 1. The Morgan fingerprint density at radius 1 is 1.33 bits per heavy atom. The molecule has 0 aromatic heterocycles. The van der Waals surface area contributed by atoms with Crippen LogP contribution in [0.5, 0.6) is 5.75 Å². The Kier molecular flexibility index (Phi) is 5.16. The number of benzene rings is 1. The van der Waals surface area contributed by atoms with Crippen LogP contribution in [0.1, 0.15) is 18.4 Å². The quantitative estimate of drug-likeness (QED) is 0.612. The number of hydrogen-bond acceptors (Lipinski definition) is 4. The fraction of sp³-hybridized carbons (Fsp3) is 0.467. The summed E-state index contributed by atoms with van der Waals surface area (Å²) >= 11 is 0. The maximum atomic E-state index is 11.9. The van der Waals surface area contributed by atoms with Crippen LogP contribution in [0.25, 0.3) is 0 Å². The third-order valence-electron chi connectivity index (χ3n) is 3.65. The summed E-state index contributed by atoms with van der Waals surface area (Å²) in [7, 11) is 0. The molecule has 2 rings (SSSR count). The Morgan fingerprint density at radius 3 is 2.62 bits per heavy atom. The zero-order valence-corrected chi connectivity index (χ0v) is 11.7. The zero-order chi connectivity index (χ0) is 15.2. The van der Waals surface area contributed by atoms with Crippen molar-refractivity contribution in [2.24, 2.45) is 5.92 Å². The molecular formula is C15H20N2O4. The maximum Gasteiger partial charge on any atom is 0.326 e. The lowest BCUT2D eigenvalue weighted by molar-refractivity contribution is -0.141. The molecule has 0 radical (unpaired) electrons. The molecule has 1 fully saturated rings. The summed E-state index contributed by atoms with van der Waals surface area (Å²) in [6.45, 7) is 1.72.